The maximum Gasteiger partial charge on any atom is 0.263 e. The summed E-state index contributed by atoms with van der Waals surface area (Å²) in [5, 5.41) is 10.9. The summed E-state index contributed by atoms with van der Waals surface area (Å²) in [5.74, 6) is -0.813. The van der Waals surface area contributed by atoms with Crippen LogP contribution in [0.1, 0.15) is 17.5 Å². The van der Waals surface area contributed by atoms with E-state index in [0.717, 1.165) is 10.0 Å². The molecule has 0 fully saturated rings. The third kappa shape index (κ3) is 3.54. The Morgan fingerprint density at radius 1 is 1.19 bits per heavy atom. The van der Waals surface area contributed by atoms with Crippen LogP contribution in [-0.4, -0.2) is 23.8 Å². The molecule has 2 aromatic rings. The molecule has 0 saturated heterocycles. The Kier molecular flexibility index (Phi) is 5.20. The number of likely N-dealkylation sites (N-methyl/N-ethyl adjacent to an activating group) is 1. The zero-order chi connectivity index (χ0) is 18.7. The van der Waals surface area contributed by atoms with Crippen LogP contribution in [0.25, 0.3) is 6.08 Å². The van der Waals surface area contributed by atoms with Gasteiger partial charge in [-0.1, -0.05) is 64.5 Å². The third-order valence-corrected chi connectivity index (χ3v) is 4.83. The molecule has 4 nitrogen and oxygen atoms in total. The first-order chi connectivity index (χ1) is 12.4. The molecule has 1 heterocycles. The minimum Gasteiger partial charge on any atom is -0.375 e. The molecule has 26 heavy (non-hydrogen) atoms. The molecule has 132 valence electrons. The Morgan fingerprint density at radius 2 is 1.92 bits per heavy atom. The van der Waals surface area contributed by atoms with Gasteiger partial charge in [-0.25, -0.2) is 0 Å². The van der Waals surface area contributed by atoms with Crippen LogP contribution >= 0.6 is 15.9 Å². The van der Waals surface area contributed by atoms with Crippen molar-refractivity contribution in [3.8, 4) is 0 Å². The number of carbonyl (C=O) groups excluding carboxylic acids is 2. The number of rotatable bonds is 5. The molecule has 0 saturated carbocycles. The van der Waals surface area contributed by atoms with Crippen LogP contribution < -0.4 is 4.90 Å². The molecule has 0 unspecified atom stereocenters. The molecule has 1 aliphatic rings. The number of nitrogens with zero attached hydrogens (tertiary/aromatic N) is 1. The van der Waals surface area contributed by atoms with Crippen LogP contribution in [0.3, 0.4) is 0 Å². The van der Waals surface area contributed by atoms with E-state index in [0.29, 0.717) is 11.3 Å². The molecule has 0 bridgehead atoms. The fourth-order valence-corrected chi connectivity index (χ4v) is 3.37. The van der Waals surface area contributed by atoms with Gasteiger partial charge in [-0.2, -0.15) is 0 Å². The average molecular weight is 412 g/mol. The fourth-order valence-electron chi connectivity index (χ4n) is 3.01. The quantitative estimate of drug-likeness (QED) is 0.600. The number of hydrogen-bond donors (Lipinski definition) is 1. The zero-order valence-corrected chi connectivity index (χ0v) is 15.8. The summed E-state index contributed by atoms with van der Waals surface area (Å²) in [6.07, 6.45) is 6.32. The maximum atomic E-state index is 12.5. The van der Waals surface area contributed by atoms with E-state index in [4.69, 9.17) is 0 Å². The number of allylic oxidation sites excluding steroid dienone is 3. The predicted octanol–water partition coefficient (Wildman–Crippen LogP) is 3.84. The number of amides is 1. The molecular formula is C21H18BrNO3. The predicted molar refractivity (Wildman–Crippen MR) is 106 cm³/mol. The number of benzene rings is 2. The second-order valence-corrected chi connectivity index (χ2v) is 7.07. The van der Waals surface area contributed by atoms with Gasteiger partial charge in [0.1, 0.15) is 0 Å². The lowest BCUT2D eigenvalue weighted by Gasteiger charge is -2.20. The highest BCUT2D eigenvalue weighted by atomic mass is 79.9. The smallest absolute Gasteiger partial charge is 0.263 e. The van der Waals surface area contributed by atoms with Crippen molar-refractivity contribution in [3.05, 3.63) is 82.4 Å². The topological polar surface area (TPSA) is 57.6 Å². The minimum absolute atomic E-state index is 0.296. The van der Waals surface area contributed by atoms with E-state index in [-0.39, 0.29) is 12.2 Å². The molecule has 0 radical (unpaired) electrons. The standard InChI is InChI=1S/C21H18BrNO3/c1-23-19-12-11-16(22)13-18(19)21(26,20(23)25)14-17(24)10-6-5-9-15-7-3-2-4-8-15/h2-13,26H,14H2,1H3/b9-5-,10-6+/t21-/m0/s1. The van der Waals surface area contributed by atoms with E-state index in [9.17, 15) is 14.7 Å². The van der Waals surface area contributed by atoms with E-state index >= 15 is 0 Å². The van der Waals surface area contributed by atoms with Crippen LogP contribution in [0.5, 0.6) is 0 Å². The SMILES string of the molecule is CN1C(=O)[C@](O)(CC(=O)/C=C/C=C\c2ccccc2)c2cc(Br)ccc21. The first-order valence-corrected chi connectivity index (χ1v) is 8.94. The van der Waals surface area contributed by atoms with Crippen LogP contribution in [0.2, 0.25) is 0 Å². The number of aliphatic hydroxyl groups is 1. The second-order valence-electron chi connectivity index (χ2n) is 6.16. The lowest BCUT2D eigenvalue weighted by atomic mass is 9.90. The van der Waals surface area contributed by atoms with E-state index in [1.54, 1.807) is 37.4 Å². The molecule has 3 rings (SSSR count). The Morgan fingerprint density at radius 3 is 2.65 bits per heavy atom. The molecule has 0 aromatic heterocycles. The first kappa shape index (κ1) is 18.3. The van der Waals surface area contributed by atoms with Crippen LogP contribution in [0, 0.1) is 0 Å². The van der Waals surface area contributed by atoms with Crippen molar-refractivity contribution in [3.63, 3.8) is 0 Å². The van der Waals surface area contributed by atoms with Crippen LogP contribution in [-0.2, 0) is 15.2 Å². The van der Waals surface area contributed by atoms with Crippen molar-refractivity contribution in [2.24, 2.45) is 0 Å². The largest absolute Gasteiger partial charge is 0.375 e. The van der Waals surface area contributed by atoms with E-state index in [1.807, 2.05) is 36.4 Å². The Labute approximate surface area is 160 Å². The maximum absolute atomic E-state index is 12.5. The van der Waals surface area contributed by atoms with Gasteiger partial charge in [-0.05, 0) is 29.8 Å². The molecule has 1 aliphatic heterocycles. The lowest BCUT2D eigenvalue weighted by molar-refractivity contribution is -0.140. The number of hydrogen-bond acceptors (Lipinski definition) is 3. The van der Waals surface area contributed by atoms with Gasteiger partial charge in [0.05, 0.1) is 12.1 Å². The third-order valence-electron chi connectivity index (χ3n) is 4.34. The molecule has 0 spiro atoms. The van der Waals surface area contributed by atoms with Gasteiger partial charge in [0.2, 0.25) is 0 Å². The van der Waals surface area contributed by atoms with Crippen molar-refractivity contribution < 1.29 is 14.7 Å². The Bertz CT molecular complexity index is 905. The molecule has 0 aliphatic carbocycles. The normalized spacial score (nSPS) is 19.5. The molecule has 1 atom stereocenters. The number of halogens is 1. The lowest BCUT2D eigenvalue weighted by Crippen LogP contribution is -2.40. The monoisotopic (exact) mass is 411 g/mol. The minimum atomic E-state index is -1.83. The van der Waals surface area contributed by atoms with Crippen molar-refractivity contribution in [2.75, 3.05) is 11.9 Å². The zero-order valence-electron chi connectivity index (χ0n) is 14.2. The summed E-state index contributed by atoms with van der Waals surface area (Å²) >= 11 is 3.35. The second kappa shape index (κ2) is 7.40. The van der Waals surface area contributed by atoms with Gasteiger partial charge >= 0.3 is 0 Å². The van der Waals surface area contributed by atoms with E-state index in [1.165, 1.54) is 11.0 Å². The fraction of sp³-hybridized carbons (Fsp3) is 0.143. The number of carbonyl (C=O) groups is 2. The van der Waals surface area contributed by atoms with Gasteiger partial charge in [-0.15, -0.1) is 0 Å². The van der Waals surface area contributed by atoms with E-state index in [2.05, 4.69) is 15.9 Å². The van der Waals surface area contributed by atoms with Crippen molar-refractivity contribution in [1.82, 2.24) is 0 Å². The highest BCUT2D eigenvalue weighted by Gasteiger charge is 2.49. The number of fused-ring (bicyclic) bond motifs is 1. The molecule has 5 heteroatoms. The van der Waals surface area contributed by atoms with Crippen molar-refractivity contribution >= 4 is 39.4 Å². The molecule has 1 N–H and O–H groups in total. The highest BCUT2D eigenvalue weighted by molar-refractivity contribution is 9.10. The summed E-state index contributed by atoms with van der Waals surface area (Å²) in [6, 6.07) is 14.9. The first-order valence-electron chi connectivity index (χ1n) is 8.15. The summed E-state index contributed by atoms with van der Waals surface area (Å²) in [4.78, 5) is 26.2. The number of anilines is 1. The molecule has 1 amide bonds. The van der Waals surface area contributed by atoms with Gasteiger partial charge in [0, 0.05) is 17.1 Å². The van der Waals surface area contributed by atoms with Gasteiger partial charge in [-0.3, -0.25) is 9.59 Å². The molecule has 2 aromatic carbocycles. The summed E-state index contributed by atoms with van der Waals surface area (Å²) in [6.45, 7) is 0. The number of ketones is 1. The van der Waals surface area contributed by atoms with Crippen molar-refractivity contribution in [1.29, 1.82) is 0 Å². The molecular weight excluding hydrogens is 394 g/mol. The Hall–Kier alpha value is -2.50. The summed E-state index contributed by atoms with van der Waals surface area (Å²) in [5.41, 5.74) is 0.246. The van der Waals surface area contributed by atoms with Gasteiger partial charge in [0.15, 0.2) is 11.4 Å². The highest BCUT2D eigenvalue weighted by Crippen LogP contribution is 2.42. The van der Waals surface area contributed by atoms with E-state index < -0.39 is 11.5 Å². The average Bonchev–Trinajstić information content (AvgIpc) is 2.81. The van der Waals surface area contributed by atoms with Crippen LogP contribution in [0.15, 0.2) is 71.2 Å². The summed E-state index contributed by atoms with van der Waals surface area (Å²) in [7, 11) is 1.59. The Balaban J connectivity index is 1.75. The van der Waals surface area contributed by atoms with Gasteiger partial charge in [0.25, 0.3) is 5.91 Å². The van der Waals surface area contributed by atoms with Crippen LogP contribution in [0.4, 0.5) is 5.69 Å². The van der Waals surface area contributed by atoms with Gasteiger partial charge < -0.3 is 10.0 Å². The van der Waals surface area contributed by atoms with Crippen molar-refractivity contribution in [2.45, 2.75) is 12.0 Å². The summed E-state index contributed by atoms with van der Waals surface area (Å²) < 4.78 is 0.742.